The van der Waals surface area contributed by atoms with Gasteiger partial charge in [-0.05, 0) is 38.0 Å². The number of rotatable bonds is 2. The van der Waals surface area contributed by atoms with Crippen molar-refractivity contribution in [3.05, 3.63) is 45.7 Å². The quantitative estimate of drug-likeness (QED) is 0.778. The molecule has 0 aliphatic heterocycles. The minimum absolute atomic E-state index is 0.0270. The molecule has 4 nitrogen and oxygen atoms in total. The first kappa shape index (κ1) is 13.3. The zero-order valence-corrected chi connectivity index (χ0v) is 11.6. The summed E-state index contributed by atoms with van der Waals surface area (Å²) in [7, 11) is 1.36. The summed E-state index contributed by atoms with van der Waals surface area (Å²) in [6, 6.07) is 4.92. The number of benzene rings is 1. The van der Waals surface area contributed by atoms with E-state index in [4.69, 9.17) is 4.74 Å². The molecule has 0 saturated heterocycles. The van der Waals surface area contributed by atoms with Crippen molar-refractivity contribution in [2.45, 2.75) is 26.8 Å². The third-order valence-corrected chi connectivity index (χ3v) is 3.33. The van der Waals surface area contributed by atoms with E-state index in [0.717, 1.165) is 16.6 Å². The molecule has 0 aliphatic rings. The number of fused-ring (bicyclic) bond motifs is 1. The maximum atomic E-state index is 12.0. The number of pyridine rings is 1. The SMILES string of the molecule is COC(=O)C(C)n1ccc(=O)c2c(C)cc(C)cc21. The van der Waals surface area contributed by atoms with Crippen LogP contribution in [0.15, 0.2) is 29.2 Å². The van der Waals surface area contributed by atoms with Gasteiger partial charge in [0.25, 0.3) is 0 Å². The first-order valence-corrected chi connectivity index (χ1v) is 6.15. The molecule has 0 bridgehead atoms. The lowest BCUT2D eigenvalue weighted by atomic mass is 10.0. The predicted molar refractivity (Wildman–Crippen MR) is 74.4 cm³/mol. The van der Waals surface area contributed by atoms with Crippen LogP contribution >= 0.6 is 0 Å². The molecule has 0 N–H and O–H groups in total. The van der Waals surface area contributed by atoms with Crippen molar-refractivity contribution in [2.24, 2.45) is 0 Å². The fraction of sp³-hybridized carbons (Fsp3) is 0.333. The van der Waals surface area contributed by atoms with Crippen LogP contribution in [-0.4, -0.2) is 17.6 Å². The van der Waals surface area contributed by atoms with Gasteiger partial charge in [0.2, 0.25) is 0 Å². The maximum Gasteiger partial charge on any atom is 0.328 e. The van der Waals surface area contributed by atoms with Gasteiger partial charge in [0.05, 0.1) is 12.6 Å². The highest BCUT2D eigenvalue weighted by Crippen LogP contribution is 2.21. The van der Waals surface area contributed by atoms with E-state index in [0.29, 0.717) is 5.39 Å². The van der Waals surface area contributed by atoms with Crippen LogP contribution < -0.4 is 5.43 Å². The van der Waals surface area contributed by atoms with Crippen molar-refractivity contribution in [3.63, 3.8) is 0 Å². The van der Waals surface area contributed by atoms with E-state index in [-0.39, 0.29) is 11.4 Å². The topological polar surface area (TPSA) is 48.3 Å². The van der Waals surface area contributed by atoms with E-state index >= 15 is 0 Å². The zero-order chi connectivity index (χ0) is 14.2. The second-order valence-electron chi connectivity index (χ2n) is 4.76. The molecule has 1 heterocycles. The fourth-order valence-electron chi connectivity index (χ4n) is 2.40. The molecular weight excluding hydrogens is 242 g/mol. The van der Waals surface area contributed by atoms with E-state index in [1.54, 1.807) is 17.7 Å². The smallest absolute Gasteiger partial charge is 0.328 e. The van der Waals surface area contributed by atoms with Crippen molar-refractivity contribution in [1.82, 2.24) is 4.57 Å². The van der Waals surface area contributed by atoms with Crippen LogP contribution in [0.3, 0.4) is 0 Å². The van der Waals surface area contributed by atoms with Gasteiger partial charge in [0, 0.05) is 17.6 Å². The summed E-state index contributed by atoms with van der Waals surface area (Å²) in [5.74, 6) is -0.330. The Kier molecular flexibility index (Phi) is 3.42. The number of ether oxygens (including phenoxy) is 1. The minimum atomic E-state index is -0.464. The first-order chi connectivity index (χ1) is 8.95. The Bertz CT molecular complexity index is 700. The first-order valence-electron chi connectivity index (χ1n) is 6.15. The van der Waals surface area contributed by atoms with Crippen molar-refractivity contribution in [1.29, 1.82) is 0 Å². The van der Waals surface area contributed by atoms with Crippen LogP contribution in [0.5, 0.6) is 0 Å². The van der Waals surface area contributed by atoms with Gasteiger partial charge in [-0.25, -0.2) is 4.79 Å². The number of carbonyl (C=O) groups is 1. The Morgan fingerprint density at radius 3 is 2.63 bits per heavy atom. The van der Waals surface area contributed by atoms with Gasteiger partial charge in [0.1, 0.15) is 6.04 Å². The van der Waals surface area contributed by atoms with Crippen LogP contribution in [0.2, 0.25) is 0 Å². The van der Waals surface area contributed by atoms with Gasteiger partial charge in [-0.3, -0.25) is 4.79 Å². The molecule has 0 spiro atoms. The lowest BCUT2D eigenvalue weighted by molar-refractivity contribution is -0.143. The van der Waals surface area contributed by atoms with Crippen molar-refractivity contribution < 1.29 is 9.53 Å². The predicted octanol–water partition coefficient (Wildman–Crippen LogP) is 2.35. The molecule has 0 fully saturated rings. The standard InChI is InChI=1S/C15H17NO3/c1-9-7-10(2)14-12(8-9)16(6-5-13(14)17)11(3)15(18)19-4/h5-8,11H,1-4H3. The van der Waals surface area contributed by atoms with Gasteiger partial charge in [0.15, 0.2) is 5.43 Å². The molecule has 0 aliphatic carbocycles. The molecule has 0 amide bonds. The molecule has 4 heteroatoms. The number of aryl methyl sites for hydroxylation is 2. The molecular formula is C15H17NO3. The van der Waals surface area contributed by atoms with Gasteiger partial charge in [-0.15, -0.1) is 0 Å². The zero-order valence-electron chi connectivity index (χ0n) is 11.6. The van der Waals surface area contributed by atoms with Gasteiger partial charge in [-0.1, -0.05) is 6.07 Å². The van der Waals surface area contributed by atoms with E-state index < -0.39 is 6.04 Å². The molecule has 0 saturated carbocycles. The number of esters is 1. The van der Waals surface area contributed by atoms with Crippen molar-refractivity contribution in [2.75, 3.05) is 7.11 Å². The van der Waals surface area contributed by atoms with E-state index in [2.05, 4.69) is 0 Å². The van der Waals surface area contributed by atoms with Crippen LogP contribution in [0.25, 0.3) is 10.9 Å². The van der Waals surface area contributed by atoms with Crippen LogP contribution in [-0.2, 0) is 9.53 Å². The Hall–Kier alpha value is -2.10. The minimum Gasteiger partial charge on any atom is -0.467 e. The van der Waals surface area contributed by atoms with Crippen LogP contribution in [0.1, 0.15) is 24.1 Å². The molecule has 2 rings (SSSR count). The molecule has 100 valence electrons. The molecule has 1 unspecified atom stereocenters. The number of carbonyl (C=O) groups excluding carboxylic acids is 1. The second kappa shape index (κ2) is 4.88. The molecule has 1 atom stereocenters. The van der Waals surface area contributed by atoms with Gasteiger partial charge >= 0.3 is 5.97 Å². The number of nitrogens with zero attached hydrogens (tertiary/aromatic N) is 1. The Morgan fingerprint density at radius 2 is 2.00 bits per heavy atom. The average Bonchev–Trinajstić information content (AvgIpc) is 2.36. The van der Waals surface area contributed by atoms with Crippen LogP contribution in [0, 0.1) is 13.8 Å². The Balaban J connectivity index is 2.80. The highest BCUT2D eigenvalue weighted by molar-refractivity contribution is 5.85. The van der Waals surface area contributed by atoms with Crippen molar-refractivity contribution >= 4 is 16.9 Å². The molecule has 2 aromatic rings. The number of aromatic nitrogens is 1. The summed E-state index contributed by atoms with van der Waals surface area (Å²) < 4.78 is 6.55. The Morgan fingerprint density at radius 1 is 1.32 bits per heavy atom. The molecule has 19 heavy (non-hydrogen) atoms. The summed E-state index contributed by atoms with van der Waals surface area (Å²) >= 11 is 0. The van der Waals surface area contributed by atoms with Gasteiger partial charge < -0.3 is 9.30 Å². The third-order valence-electron chi connectivity index (χ3n) is 3.33. The monoisotopic (exact) mass is 259 g/mol. The third kappa shape index (κ3) is 2.26. The summed E-state index contributed by atoms with van der Waals surface area (Å²) in [6.07, 6.45) is 1.64. The molecule has 1 aromatic heterocycles. The highest BCUT2D eigenvalue weighted by Gasteiger charge is 2.17. The Labute approximate surface area is 111 Å². The molecule has 1 aromatic carbocycles. The van der Waals surface area contributed by atoms with Crippen LogP contribution in [0.4, 0.5) is 0 Å². The second-order valence-corrected chi connectivity index (χ2v) is 4.76. The summed E-state index contributed by atoms with van der Waals surface area (Å²) in [4.78, 5) is 23.7. The lowest BCUT2D eigenvalue weighted by Crippen LogP contribution is -2.20. The highest BCUT2D eigenvalue weighted by atomic mass is 16.5. The summed E-state index contributed by atoms with van der Waals surface area (Å²) in [6.45, 7) is 5.63. The van der Waals surface area contributed by atoms with E-state index in [1.165, 1.54) is 13.2 Å². The number of hydrogen-bond acceptors (Lipinski definition) is 3. The fourth-order valence-corrected chi connectivity index (χ4v) is 2.40. The van der Waals surface area contributed by atoms with Crippen molar-refractivity contribution in [3.8, 4) is 0 Å². The summed E-state index contributed by atoms with van der Waals surface area (Å²) in [5, 5.41) is 0.656. The lowest BCUT2D eigenvalue weighted by Gasteiger charge is -2.17. The normalized spacial score (nSPS) is 12.4. The van der Waals surface area contributed by atoms with Gasteiger partial charge in [-0.2, -0.15) is 0 Å². The summed E-state index contributed by atoms with van der Waals surface area (Å²) in [5.41, 5.74) is 2.72. The molecule has 0 radical (unpaired) electrons. The largest absolute Gasteiger partial charge is 0.467 e. The van der Waals surface area contributed by atoms with E-state index in [9.17, 15) is 9.59 Å². The maximum absolute atomic E-state index is 12.0. The average molecular weight is 259 g/mol. The number of hydrogen-bond donors (Lipinski definition) is 0. The number of methoxy groups -OCH3 is 1. The van der Waals surface area contributed by atoms with E-state index in [1.807, 2.05) is 26.0 Å².